The van der Waals surface area contributed by atoms with E-state index >= 15 is 0 Å². The molecule has 0 N–H and O–H groups in total. The fourth-order valence-corrected chi connectivity index (χ4v) is 4.33. The highest BCUT2D eigenvalue weighted by molar-refractivity contribution is 6.01. The van der Waals surface area contributed by atoms with E-state index < -0.39 is 5.41 Å². The summed E-state index contributed by atoms with van der Waals surface area (Å²) in [5.41, 5.74) is 2.03. The topological polar surface area (TPSA) is 34.1 Å². The molecule has 0 aromatic heterocycles. The van der Waals surface area contributed by atoms with E-state index in [4.69, 9.17) is 0 Å². The first kappa shape index (κ1) is 17.2. The summed E-state index contributed by atoms with van der Waals surface area (Å²) in [4.78, 5) is 25.5. The molecule has 2 aliphatic rings. The Hall–Kier alpha value is -1.18. The molecule has 2 aliphatic carbocycles. The molecule has 0 amide bonds. The zero-order chi connectivity index (χ0) is 16.5. The van der Waals surface area contributed by atoms with Crippen LogP contribution in [-0.4, -0.2) is 11.6 Å². The Kier molecular flexibility index (Phi) is 5.09. The van der Waals surface area contributed by atoms with Crippen molar-refractivity contribution in [2.75, 3.05) is 0 Å². The fraction of sp³-hybridized carbons (Fsp3) is 0.700. The number of ketones is 2. The lowest BCUT2D eigenvalue weighted by atomic mass is 9.69. The highest BCUT2D eigenvalue weighted by Crippen LogP contribution is 2.51. The number of Topliss-reactive ketones (excluding diaryl/α,β-unsaturated/α-hetero) is 1. The maximum atomic E-state index is 12.9. The van der Waals surface area contributed by atoms with Crippen LogP contribution in [-0.2, 0) is 9.59 Å². The molecule has 0 aliphatic heterocycles. The van der Waals surface area contributed by atoms with Crippen molar-refractivity contribution in [3.8, 4) is 0 Å². The number of rotatable bonds is 1. The lowest BCUT2D eigenvalue weighted by molar-refractivity contribution is -0.126. The normalized spacial score (nSPS) is 38.8. The fourth-order valence-electron chi connectivity index (χ4n) is 4.33. The minimum Gasteiger partial charge on any atom is -0.299 e. The first-order valence-corrected chi connectivity index (χ1v) is 8.65. The third-order valence-corrected chi connectivity index (χ3v) is 5.70. The van der Waals surface area contributed by atoms with Crippen LogP contribution in [0.2, 0.25) is 0 Å². The van der Waals surface area contributed by atoms with Gasteiger partial charge in [-0.3, -0.25) is 9.59 Å². The number of fused-ring (bicyclic) bond motifs is 1. The Morgan fingerprint density at radius 3 is 2.45 bits per heavy atom. The first-order valence-electron chi connectivity index (χ1n) is 8.65. The summed E-state index contributed by atoms with van der Waals surface area (Å²) in [6.45, 7) is 10.5. The van der Waals surface area contributed by atoms with Gasteiger partial charge < -0.3 is 0 Å². The number of hydrogen-bond acceptors (Lipinski definition) is 2. The van der Waals surface area contributed by atoms with Crippen molar-refractivity contribution >= 4 is 11.6 Å². The monoisotopic (exact) mass is 302 g/mol. The number of carbonyl (C=O) groups excluding carboxylic acids is 2. The minimum absolute atomic E-state index is 0.0382. The van der Waals surface area contributed by atoms with Crippen LogP contribution >= 0.6 is 0 Å². The summed E-state index contributed by atoms with van der Waals surface area (Å²) in [6, 6.07) is 0. The lowest BCUT2D eigenvalue weighted by Crippen LogP contribution is -2.34. The minimum atomic E-state index is -0.502. The van der Waals surface area contributed by atoms with E-state index in [0.717, 1.165) is 31.3 Å². The Bertz CT molecular complexity index is 524. The van der Waals surface area contributed by atoms with Crippen molar-refractivity contribution in [3.63, 3.8) is 0 Å². The molecule has 0 spiro atoms. The van der Waals surface area contributed by atoms with E-state index in [1.807, 2.05) is 19.9 Å². The summed E-state index contributed by atoms with van der Waals surface area (Å²) in [5, 5.41) is 0. The largest absolute Gasteiger partial charge is 0.299 e. The van der Waals surface area contributed by atoms with Gasteiger partial charge in [0.15, 0.2) is 5.78 Å². The molecule has 3 atom stereocenters. The molecule has 1 fully saturated rings. The van der Waals surface area contributed by atoms with Gasteiger partial charge in [0, 0.05) is 17.8 Å². The summed E-state index contributed by atoms with van der Waals surface area (Å²) >= 11 is 0. The van der Waals surface area contributed by atoms with Gasteiger partial charge in [0.1, 0.15) is 5.78 Å². The molecule has 0 aromatic carbocycles. The molecule has 0 aromatic rings. The van der Waals surface area contributed by atoms with Crippen molar-refractivity contribution in [1.29, 1.82) is 0 Å². The molecule has 2 rings (SSSR count). The predicted molar refractivity (Wildman–Crippen MR) is 90.5 cm³/mol. The number of hydrogen-bond donors (Lipinski definition) is 0. The molecule has 22 heavy (non-hydrogen) atoms. The maximum absolute atomic E-state index is 12.9. The molecule has 0 bridgehead atoms. The Labute approximate surface area is 135 Å². The smallest absolute Gasteiger partial charge is 0.162 e. The summed E-state index contributed by atoms with van der Waals surface area (Å²) in [6.07, 6.45) is 8.44. The molecule has 2 heteroatoms. The van der Waals surface area contributed by atoms with Gasteiger partial charge in [0.25, 0.3) is 0 Å². The SMILES string of the molecule is C/C1=C/C(=O)[C@]2(C)CC(=O)[C@H](C(C)C)[C@H]2CC/C(C)=C\CC1. The van der Waals surface area contributed by atoms with Crippen molar-refractivity contribution in [3.05, 3.63) is 23.3 Å². The standard InChI is InChI=1S/C20H30O2/c1-13(2)19-16-10-9-14(3)7-6-8-15(4)11-18(22)20(16,5)12-17(19)21/h7,11,13,16,19H,6,8-10,12H2,1-5H3/b14-7-,15-11-/t16-,19-,20-/m1/s1. The molecule has 122 valence electrons. The van der Waals surface area contributed by atoms with Crippen LogP contribution in [0.5, 0.6) is 0 Å². The Morgan fingerprint density at radius 2 is 1.82 bits per heavy atom. The van der Waals surface area contributed by atoms with E-state index in [0.29, 0.717) is 18.1 Å². The van der Waals surface area contributed by atoms with Crippen molar-refractivity contribution in [2.24, 2.45) is 23.2 Å². The van der Waals surface area contributed by atoms with Gasteiger partial charge in [0.05, 0.1) is 0 Å². The van der Waals surface area contributed by atoms with E-state index in [2.05, 4.69) is 26.8 Å². The van der Waals surface area contributed by atoms with Crippen LogP contribution in [0.15, 0.2) is 23.3 Å². The summed E-state index contributed by atoms with van der Waals surface area (Å²) in [5.74, 6) is 0.993. The number of allylic oxidation sites excluding steroid dienone is 4. The van der Waals surface area contributed by atoms with Crippen molar-refractivity contribution < 1.29 is 9.59 Å². The van der Waals surface area contributed by atoms with E-state index in [1.165, 1.54) is 5.57 Å². The molecule has 0 radical (unpaired) electrons. The highest BCUT2D eigenvalue weighted by atomic mass is 16.1. The van der Waals surface area contributed by atoms with Crippen molar-refractivity contribution in [2.45, 2.75) is 66.7 Å². The molecule has 1 saturated carbocycles. The maximum Gasteiger partial charge on any atom is 0.162 e. The van der Waals surface area contributed by atoms with Crippen LogP contribution in [0.1, 0.15) is 66.7 Å². The van der Waals surface area contributed by atoms with Gasteiger partial charge in [-0.25, -0.2) is 0 Å². The average Bonchev–Trinajstić information content (AvgIpc) is 2.67. The molecular formula is C20H30O2. The second kappa shape index (κ2) is 6.52. The summed E-state index contributed by atoms with van der Waals surface area (Å²) < 4.78 is 0. The van der Waals surface area contributed by atoms with Crippen LogP contribution < -0.4 is 0 Å². The van der Waals surface area contributed by atoms with E-state index in [-0.39, 0.29) is 17.6 Å². The second-order valence-electron chi connectivity index (χ2n) is 7.92. The van der Waals surface area contributed by atoms with Gasteiger partial charge in [-0.2, -0.15) is 0 Å². The Balaban J connectivity index is 2.43. The third-order valence-electron chi connectivity index (χ3n) is 5.70. The van der Waals surface area contributed by atoms with Gasteiger partial charge >= 0.3 is 0 Å². The Morgan fingerprint density at radius 1 is 1.14 bits per heavy atom. The van der Waals surface area contributed by atoms with Crippen LogP contribution in [0.4, 0.5) is 0 Å². The van der Waals surface area contributed by atoms with Gasteiger partial charge in [-0.05, 0) is 57.4 Å². The molecule has 0 saturated heterocycles. The van der Waals surface area contributed by atoms with Gasteiger partial charge in [-0.15, -0.1) is 0 Å². The zero-order valence-corrected chi connectivity index (χ0v) is 14.7. The number of carbonyl (C=O) groups is 2. The first-order chi connectivity index (χ1) is 10.3. The van der Waals surface area contributed by atoms with Crippen molar-refractivity contribution in [1.82, 2.24) is 0 Å². The van der Waals surface area contributed by atoms with Crippen LogP contribution in [0.3, 0.4) is 0 Å². The quantitative estimate of drug-likeness (QED) is 0.646. The summed E-state index contributed by atoms with van der Waals surface area (Å²) in [7, 11) is 0. The van der Waals surface area contributed by atoms with Crippen LogP contribution in [0.25, 0.3) is 0 Å². The zero-order valence-electron chi connectivity index (χ0n) is 14.7. The average molecular weight is 302 g/mol. The van der Waals surface area contributed by atoms with Crippen LogP contribution in [0, 0.1) is 23.2 Å². The lowest BCUT2D eigenvalue weighted by Gasteiger charge is -2.33. The van der Waals surface area contributed by atoms with Gasteiger partial charge in [0.2, 0.25) is 0 Å². The van der Waals surface area contributed by atoms with E-state index in [1.54, 1.807) is 0 Å². The second-order valence-corrected chi connectivity index (χ2v) is 7.92. The van der Waals surface area contributed by atoms with E-state index in [9.17, 15) is 9.59 Å². The third kappa shape index (κ3) is 3.26. The van der Waals surface area contributed by atoms with Gasteiger partial charge in [-0.1, -0.05) is 38.0 Å². The molecule has 2 nitrogen and oxygen atoms in total. The molecule has 0 unspecified atom stereocenters. The molecular weight excluding hydrogens is 272 g/mol. The predicted octanol–water partition coefficient (Wildman–Crippen LogP) is 4.89. The molecule has 0 heterocycles. The highest BCUT2D eigenvalue weighted by Gasteiger charge is 2.53.